The summed E-state index contributed by atoms with van der Waals surface area (Å²) in [6.07, 6.45) is 2.81. The SMILES string of the molecule is CC(=O)OC(CNC(=O)[C@@H]1CC(C)CC[C@H]1C(C)C)c1ccccc1. The lowest BCUT2D eigenvalue weighted by molar-refractivity contribution is -0.147. The molecule has 0 aliphatic heterocycles. The van der Waals surface area contributed by atoms with Crippen molar-refractivity contribution in [2.75, 3.05) is 6.54 Å². The molecule has 1 fully saturated rings. The van der Waals surface area contributed by atoms with Crippen molar-refractivity contribution < 1.29 is 14.3 Å². The average molecular weight is 345 g/mol. The molecule has 1 saturated carbocycles. The van der Waals surface area contributed by atoms with E-state index in [-0.39, 0.29) is 17.8 Å². The fourth-order valence-electron chi connectivity index (χ4n) is 3.92. The van der Waals surface area contributed by atoms with Crippen molar-refractivity contribution in [3.63, 3.8) is 0 Å². The van der Waals surface area contributed by atoms with Crippen LogP contribution < -0.4 is 5.32 Å². The Morgan fingerprint density at radius 1 is 1.20 bits per heavy atom. The van der Waals surface area contributed by atoms with Crippen LogP contribution in [0.15, 0.2) is 30.3 Å². The lowest BCUT2D eigenvalue weighted by atomic mass is 9.70. The molecule has 1 aromatic carbocycles. The van der Waals surface area contributed by atoms with Gasteiger partial charge in [-0.15, -0.1) is 0 Å². The van der Waals surface area contributed by atoms with E-state index in [1.807, 2.05) is 30.3 Å². The fourth-order valence-corrected chi connectivity index (χ4v) is 3.92. The van der Waals surface area contributed by atoms with Gasteiger partial charge in [0.1, 0.15) is 6.10 Å². The van der Waals surface area contributed by atoms with Crippen LogP contribution in [0.25, 0.3) is 0 Å². The van der Waals surface area contributed by atoms with Gasteiger partial charge in [-0.05, 0) is 36.2 Å². The number of carbonyl (C=O) groups excluding carboxylic acids is 2. The van der Waals surface area contributed by atoms with Gasteiger partial charge in [-0.3, -0.25) is 9.59 Å². The van der Waals surface area contributed by atoms with E-state index in [1.54, 1.807) is 0 Å². The Labute approximate surface area is 151 Å². The number of nitrogens with one attached hydrogen (secondary N) is 1. The Kier molecular flexibility index (Phi) is 7.03. The topological polar surface area (TPSA) is 55.4 Å². The number of benzene rings is 1. The number of rotatable bonds is 6. The summed E-state index contributed by atoms with van der Waals surface area (Å²) in [5, 5.41) is 3.05. The predicted molar refractivity (Wildman–Crippen MR) is 98.8 cm³/mol. The van der Waals surface area contributed by atoms with E-state index < -0.39 is 6.10 Å². The third kappa shape index (κ3) is 5.58. The highest BCUT2D eigenvalue weighted by atomic mass is 16.5. The highest BCUT2D eigenvalue weighted by Crippen LogP contribution is 2.38. The van der Waals surface area contributed by atoms with E-state index in [4.69, 9.17) is 4.74 Å². The van der Waals surface area contributed by atoms with Gasteiger partial charge >= 0.3 is 5.97 Å². The molecule has 0 bridgehead atoms. The van der Waals surface area contributed by atoms with Gasteiger partial charge in [-0.1, -0.05) is 57.5 Å². The van der Waals surface area contributed by atoms with Crippen LogP contribution in [0.1, 0.15) is 58.6 Å². The fraction of sp³-hybridized carbons (Fsp3) is 0.619. The van der Waals surface area contributed by atoms with E-state index >= 15 is 0 Å². The minimum Gasteiger partial charge on any atom is -0.456 e. The highest BCUT2D eigenvalue weighted by Gasteiger charge is 2.35. The van der Waals surface area contributed by atoms with Crippen LogP contribution in [0.3, 0.4) is 0 Å². The van der Waals surface area contributed by atoms with Crippen molar-refractivity contribution in [2.45, 2.75) is 53.1 Å². The second-order valence-electron chi connectivity index (χ2n) is 7.69. The molecular formula is C21H31NO3. The summed E-state index contributed by atoms with van der Waals surface area (Å²) in [6, 6.07) is 9.57. The monoisotopic (exact) mass is 345 g/mol. The second kappa shape index (κ2) is 9.02. The third-order valence-corrected chi connectivity index (χ3v) is 5.30. The summed E-state index contributed by atoms with van der Waals surface area (Å²) in [5.74, 6) is 1.33. The van der Waals surface area contributed by atoms with Crippen LogP contribution in [-0.4, -0.2) is 18.4 Å². The first-order valence-electron chi connectivity index (χ1n) is 9.38. The lowest BCUT2D eigenvalue weighted by Crippen LogP contribution is -2.41. The number of hydrogen-bond donors (Lipinski definition) is 1. The smallest absolute Gasteiger partial charge is 0.303 e. The summed E-state index contributed by atoms with van der Waals surface area (Å²) >= 11 is 0. The molecule has 1 aromatic rings. The summed E-state index contributed by atoms with van der Waals surface area (Å²) in [5.41, 5.74) is 0.899. The Morgan fingerprint density at radius 2 is 1.88 bits per heavy atom. The van der Waals surface area contributed by atoms with Gasteiger partial charge in [-0.25, -0.2) is 0 Å². The zero-order valence-electron chi connectivity index (χ0n) is 15.8. The van der Waals surface area contributed by atoms with E-state index in [9.17, 15) is 9.59 Å². The molecule has 0 radical (unpaired) electrons. The molecule has 4 nitrogen and oxygen atoms in total. The van der Waals surface area contributed by atoms with Gasteiger partial charge < -0.3 is 10.1 Å². The zero-order chi connectivity index (χ0) is 18.4. The number of esters is 1. The van der Waals surface area contributed by atoms with E-state index in [2.05, 4.69) is 26.1 Å². The van der Waals surface area contributed by atoms with E-state index in [0.29, 0.717) is 24.3 Å². The van der Waals surface area contributed by atoms with Gasteiger partial charge in [0.25, 0.3) is 0 Å². The molecule has 0 aromatic heterocycles. The number of hydrogen-bond acceptors (Lipinski definition) is 3. The average Bonchev–Trinajstić information content (AvgIpc) is 2.58. The molecule has 0 heterocycles. The Balaban J connectivity index is 2.03. The molecule has 1 aliphatic rings. The maximum atomic E-state index is 12.8. The van der Waals surface area contributed by atoms with Crippen molar-refractivity contribution in [1.29, 1.82) is 0 Å². The number of amides is 1. The minimum absolute atomic E-state index is 0.0532. The Morgan fingerprint density at radius 3 is 2.48 bits per heavy atom. The van der Waals surface area contributed by atoms with Gasteiger partial charge in [0.2, 0.25) is 5.91 Å². The molecule has 138 valence electrons. The number of carbonyl (C=O) groups is 2. The second-order valence-corrected chi connectivity index (χ2v) is 7.69. The largest absolute Gasteiger partial charge is 0.456 e. The van der Waals surface area contributed by atoms with Crippen LogP contribution in [-0.2, 0) is 14.3 Å². The standard InChI is InChI=1S/C21H31NO3/c1-14(2)18-11-10-15(3)12-19(18)21(24)22-13-20(25-16(4)23)17-8-6-5-7-9-17/h5-9,14-15,18-20H,10-13H2,1-4H3,(H,22,24)/t15?,18-,19+,20?/m0/s1. The molecule has 25 heavy (non-hydrogen) atoms. The van der Waals surface area contributed by atoms with Crippen LogP contribution >= 0.6 is 0 Å². The molecule has 2 unspecified atom stereocenters. The zero-order valence-corrected chi connectivity index (χ0v) is 15.8. The molecule has 4 atom stereocenters. The first-order valence-corrected chi connectivity index (χ1v) is 9.38. The molecule has 2 rings (SSSR count). The van der Waals surface area contributed by atoms with Crippen LogP contribution in [0.2, 0.25) is 0 Å². The molecule has 1 N–H and O–H groups in total. The number of ether oxygens (including phenoxy) is 1. The first kappa shape index (κ1) is 19.5. The van der Waals surface area contributed by atoms with Crippen molar-refractivity contribution in [2.24, 2.45) is 23.7 Å². The Hall–Kier alpha value is -1.84. The van der Waals surface area contributed by atoms with Crippen LogP contribution in [0.4, 0.5) is 0 Å². The van der Waals surface area contributed by atoms with Crippen molar-refractivity contribution >= 4 is 11.9 Å². The molecule has 0 saturated heterocycles. The molecular weight excluding hydrogens is 314 g/mol. The van der Waals surface area contributed by atoms with Gasteiger partial charge in [0.15, 0.2) is 0 Å². The van der Waals surface area contributed by atoms with Crippen molar-refractivity contribution in [3.8, 4) is 0 Å². The summed E-state index contributed by atoms with van der Waals surface area (Å²) in [7, 11) is 0. The summed E-state index contributed by atoms with van der Waals surface area (Å²) in [4.78, 5) is 24.3. The molecule has 1 amide bonds. The minimum atomic E-state index is -0.443. The van der Waals surface area contributed by atoms with Gasteiger partial charge in [0, 0.05) is 12.8 Å². The predicted octanol–water partition coefficient (Wildman–Crippen LogP) is 4.12. The molecule has 1 aliphatic carbocycles. The molecule has 4 heteroatoms. The third-order valence-electron chi connectivity index (χ3n) is 5.30. The van der Waals surface area contributed by atoms with Gasteiger partial charge in [-0.2, -0.15) is 0 Å². The maximum Gasteiger partial charge on any atom is 0.303 e. The summed E-state index contributed by atoms with van der Waals surface area (Å²) < 4.78 is 5.42. The van der Waals surface area contributed by atoms with Crippen molar-refractivity contribution in [1.82, 2.24) is 5.32 Å². The normalized spacial score (nSPS) is 24.6. The summed E-state index contributed by atoms with van der Waals surface area (Å²) in [6.45, 7) is 8.34. The van der Waals surface area contributed by atoms with Crippen LogP contribution in [0.5, 0.6) is 0 Å². The maximum absolute atomic E-state index is 12.8. The Bertz CT molecular complexity index is 570. The highest BCUT2D eigenvalue weighted by molar-refractivity contribution is 5.79. The molecule has 0 spiro atoms. The van der Waals surface area contributed by atoms with Crippen LogP contribution in [0, 0.1) is 23.7 Å². The quantitative estimate of drug-likeness (QED) is 0.789. The first-order chi connectivity index (χ1) is 11.9. The van der Waals surface area contributed by atoms with Gasteiger partial charge in [0.05, 0.1) is 6.54 Å². The van der Waals surface area contributed by atoms with E-state index in [1.165, 1.54) is 13.3 Å². The van der Waals surface area contributed by atoms with E-state index in [0.717, 1.165) is 18.4 Å². The lowest BCUT2D eigenvalue weighted by Gasteiger charge is -2.36. The van der Waals surface area contributed by atoms with Crippen molar-refractivity contribution in [3.05, 3.63) is 35.9 Å².